The molecule has 1 amide bonds. The molecule has 0 radical (unpaired) electrons. The number of benzene rings is 2. The summed E-state index contributed by atoms with van der Waals surface area (Å²) < 4.78 is 19.3. The third-order valence-corrected chi connectivity index (χ3v) is 4.73. The van der Waals surface area contributed by atoms with E-state index in [1.54, 1.807) is 49.4 Å². The van der Waals surface area contributed by atoms with E-state index >= 15 is 0 Å². The first-order valence-electron chi connectivity index (χ1n) is 9.03. The molecule has 0 bridgehead atoms. The topological polar surface area (TPSA) is 73.2 Å². The lowest BCUT2D eigenvalue weighted by Gasteiger charge is -2.04. The van der Waals surface area contributed by atoms with Gasteiger partial charge in [-0.25, -0.2) is 13.9 Å². The molecule has 0 fully saturated rings. The lowest BCUT2D eigenvalue weighted by atomic mass is 10.1. The third-order valence-electron chi connectivity index (χ3n) is 4.36. The number of halogens is 2. The fourth-order valence-electron chi connectivity index (χ4n) is 2.74. The number of methoxy groups -OCH3 is 1. The Kier molecular flexibility index (Phi) is 6.64. The third kappa shape index (κ3) is 4.93. The Hall–Kier alpha value is -3.45. The fourth-order valence-corrected chi connectivity index (χ4v) is 3.07. The van der Waals surface area contributed by atoms with Gasteiger partial charge in [-0.2, -0.15) is 5.10 Å². The highest BCUT2D eigenvalue weighted by molar-refractivity contribution is 6.31. The second-order valence-corrected chi connectivity index (χ2v) is 6.78. The lowest BCUT2D eigenvalue weighted by molar-refractivity contribution is -0.116. The maximum Gasteiger partial charge on any atom is 0.337 e. The Morgan fingerprint density at radius 3 is 2.47 bits per heavy atom. The van der Waals surface area contributed by atoms with E-state index in [1.807, 2.05) is 0 Å². The Balaban J connectivity index is 1.65. The number of esters is 1. The quantitative estimate of drug-likeness (QED) is 0.475. The van der Waals surface area contributed by atoms with E-state index in [0.717, 1.165) is 5.56 Å². The molecule has 0 atom stereocenters. The summed E-state index contributed by atoms with van der Waals surface area (Å²) in [5.41, 5.74) is 3.12. The zero-order chi connectivity index (χ0) is 21.7. The van der Waals surface area contributed by atoms with E-state index < -0.39 is 5.97 Å². The molecule has 0 unspecified atom stereocenters. The average molecular weight is 428 g/mol. The van der Waals surface area contributed by atoms with Crippen LogP contribution in [0.5, 0.6) is 0 Å². The van der Waals surface area contributed by atoms with Crippen molar-refractivity contribution in [1.29, 1.82) is 0 Å². The number of aryl methyl sites for hydroxylation is 1. The van der Waals surface area contributed by atoms with Gasteiger partial charge in [0.05, 0.1) is 24.1 Å². The highest BCUT2D eigenvalue weighted by Crippen LogP contribution is 2.24. The van der Waals surface area contributed by atoms with Crippen molar-refractivity contribution < 1.29 is 18.7 Å². The molecule has 30 heavy (non-hydrogen) atoms. The van der Waals surface area contributed by atoms with Crippen molar-refractivity contribution in [2.24, 2.45) is 0 Å². The predicted octanol–water partition coefficient (Wildman–Crippen LogP) is 4.09. The maximum absolute atomic E-state index is 13.1. The fraction of sp³-hybridized carbons (Fsp3) is 0.136. The Labute approximate surface area is 177 Å². The van der Waals surface area contributed by atoms with Gasteiger partial charge in [-0.15, -0.1) is 0 Å². The molecule has 0 aliphatic heterocycles. The first kappa shape index (κ1) is 21.3. The Morgan fingerprint density at radius 1 is 1.17 bits per heavy atom. The van der Waals surface area contributed by atoms with Crippen LogP contribution in [0.25, 0.3) is 11.8 Å². The molecule has 0 saturated heterocycles. The van der Waals surface area contributed by atoms with E-state index in [4.69, 9.17) is 11.6 Å². The van der Waals surface area contributed by atoms with Crippen molar-refractivity contribution in [1.82, 2.24) is 15.1 Å². The van der Waals surface area contributed by atoms with Crippen LogP contribution in [0.3, 0.4) is 0 Å². The summed E-state index contributed by atoms with van der Waals surface area (Å²) in [4.78, 5) is 23.6. The number of carbonyl (C=O) groups excluding carboxylic acids is 2. The van der Waals surface area contributed by atoms with Crippen LogP contribution in [0.2, 0.25) is 5.15 Å². The summed E-state index contributed by atoms with van der Waals surface area (Å²) in [5.74, 6) is -1.07. The molecule has 0 saturated carbocycles. The minimum atomic E-state index is -0.415. The number of rotatable bonds is 6. The van der Waals surface area contributed by atoms with Crippen LogP contribution >= 0.6 is 11.6 Å². The van der Waals surface area contributed by atoms with Crippen LogP contribution in [0, 0.1) is 12.7 Å². The molecule has 0 aliphatic carbocycles. The van der Waals surface area contributed by atoms with E-state index in [9.17, 15) is 14.0 Å². The second-order valence-electron chi connectivity index (χ2n) is 6.42. The van der Waals surface area contributed by atoms with Gasteiger partial charge < -0.3 is 10.1 Å². The summed E-state index contributed by atoms with van der Waals surface area (Å²) in [6.07, 6.45) is 2.95. The number of carbonyl (C=O) groups is 2. The maximum atomic E-state index is 13.1. The standard InChI is InChI=1S/C22H19ClFN3O3/c1-14-19(21(23)27(26-14)18-9-7-17(24)8-10-18)11-12-20(28)25-13-15-3-5-16(6-4-15)22(29)30-2/h3-12H,13H2,1-2H3,(H,25,28)/b12-11+. The largest absolute Gasteiger partial charge is 0.465 e. The van der Waals surface area contributed by atoms with E-state index in [1.165, 1.54) is 30.0 Å². The number of amides is 1. The second kappa shape index (κ2) is 9.37. The van der Waals surface area contributed by atoms with Crippen molar-refractivity contribution in [3.8, 4) is 5.69 Å². The number of hydrogen-bond donors (Lipinski definition) is 1. The molecule has 1 heterocycles. The monoisotopic (exact) mass is 427 g/mol. The SMILES string of the molecule is COC(=O)c1ccc(CNC(=O)/C=C/c2c(C)nn(-c3ccc(F)cc3)c2Cl)cc1. The summed E-state index contributed by atoms with van der Waals surface area (Å²) in [5, 5.41) is 7.44. The number of nitrogens with zero attached hydrogens (tertiary/aromatic N) is 2. The Bertz CT molecular complexity index is 1090. The molecular weight excluding hydrogens is 409 g/mol. The smallest absolute Gasteiger partial charge is 0.337 e. The molecule has 8 heteroatoms. The van der Waals surface area contributed by atoms with Crippen molar-refractivity contribution in [2.45, 2.75) is 13.5 Å². The molecule has 1 aromatic heterocycles. The van der Waals surface area contributed by atoms with Gasteiger partial charge >= 0.3 is 5.97 Å². The number of aromatic nitrogens is 2. The summed E-state index contributed by atoms with van der Waals surface area (Å²) in [6.45, 7) is 2.07. The highest BCUT2D eigenvalue weighted by Gasteiger charge is 2.13. The molecule has 0 aliphatic rings. The van der Waals surface area contributed by atoms with Crippen molar-refractivity contribution >= 4 is 29.6 Å². The zero-order valence-electron chi connectivity index (χ0n) is 16.4. The average Bonchev–Trinajstić information content (AvgIpc) is 3.04. The van der Waals surface area contributed by atoms with E-state index in [-0.39, 0.29) is 11.7 Å². The van der Waals surface area contributed by atoms with Gasteiger partial charge in [0.2, 0.25) is 5.91 Å². The van der Waals surface area contributed by atoms with Gasteiger partial charge in [-0.3, -0.25) is 4.79 Å². The van der Waals surface area contributed by atoms with Crippen LogP contribution in [0.15, 0.2) is 54.6 Å². The van der Waals surface area contributed by atoms with Crippen LogP contribution in [-0.4, -0.2) is 28.8 Å². The van der Waals surface area contributed by atoms with Gasteiger partial charge in [0.15, 0.2) is 0 Å². The minimum absolute atomic E-state index is 0.298. The highest BCUT2D eigenvalue weighted by atomic mass is 35.5. The molecule has 1 N–H and O–H groups in total. The summed E-state index contributed by atoms with van der Waals surface area (Å²) in [6, 6.07) is 12.5. The molecule has 0 spiro atoms. The summed E-state index contributed by atoms with van der Waals surface area (Å²) in [7, 11) is 1.32. The van der Waals surface area contributed by atoms with Gasteiger partial charge in [-0.1, -0.05) is 23.7 Å². The first-order chi connectivity index (χ1) is 14.4. The van der Waals surface area contributed by atoms with Gasteiger partial charge in [0, 0.05) is 18.2 Å². The molecule has 6 nitrogen and oxygen atoms in total. The van der Waals surface area contributed by atoms with Crippen LogP contribution in [-0.2, 0) is 16.1 Å². The van der Waals surface area contributed by atoms with Crippen molar-refractivity contribution in [3.05, 3.63) is 88.0 Å². The number of ether oxygens (including phenoxy) is 1. The Morgan fingerprint density at radius 2 is 1.83 bits per heavy atom. The molecule has 154 valence electrons. The predicted molar refractivity (Wildman–Crippen MR) is 112 cm³/mol. The summed E-state index contributed by atoms with van der Waals surface area (Å²) >= 11 is 6.40. The van der Waals surface area contributed by atoms with E-state index in [0.29, 0.717) is 34.2 Å². The van der Waals surface area contributed by atoms with E-state index in [2.05, 4.69) is 15.2 Å². The van der Waals surface area contributed by atoms with Gasteiger partial charge in [-0.05, 0) is 55.0 Å². The zero-order valence-corrected chi connectivity index (χ0v) is 17.1. The van der Waals surface area contributed by atoms with Crippen LogP contribution in [0.4, 0.5) is 4.39 Å². The minimum Gasteiger partial charge on any atom is -0.465 e. The van der Waals surface area contributed by atoms with Crippen molar-refractivity contribution in [2.75, 3.05) is 7.11 Å². The molecule has 3 aromatic rings. The van der Waals surface area contributed by atoms with Gasteiger partial charge in [0.25, 0.3) is 0 Å². The van der Waals surface area contributed by atoms with Crippen LogP contribution < -0.4 is 5.32 Å². The molecule has 2 aromatic carbocycles. The van der Waals surface area contributed by atoms with Crippen molar-refractivity contribution in [3.63, 3.8) is 0 Å². The normalized spacial score (nSPS) is 10.9. The molecular formula is C22H19ClFN3O3. The first-order valence-corrected chi connectivity index (χ1v) is 9.41. The molecule has 3 rings (SSSR count). The van der Waals surface area contributed by atoms with Crippen LogP contribution in [0.1, 0.15) is 27.2 Å². The van der Waals surface area contributed by atoms with Gasteiger partial charge in [0.1, 0.15) is 11.0 Å². The lowest BCUT2D eigenvalue weighted by Crippen LogP contribution is -2.20. The number of hydrogen-bond acceptors (Lipinski definition) is 4. The number of nitrogens with one attached hydrogen (secondary N) is 1.